The molecule has 1 aliphatic heterocycles. The molecule has 1 unspecified atom stereocenters. The minimum Gasteiger partial charge on any atom is -0.480 e. The van der Waals surface area contributed by atoms with Crippen LogP contribution in [-0.2, 0) is 19.2 Å². The van der Waals surface area contributed by atoms with Gasteiger partial charge in [0.2, 0.25) is 11.8 Å². The molecule has 156 valence electrons. The summed E-state index contributed by atoms with van der Waals surface area (Å²) < 4.78 is 0. The van der Waals surface area contributed by atoms with E-state index in [0.717, 1.165) is 25.7 Å². The van der Waals surface area contributed by atoms with Gasteiger partial charge in [-0.1, -0.05) is 39.5 Å². The average Bonchev–Trinajstić information content (AvgIpc) is 2.63. The Morgan fingerprint density at radius 1 is 1.15 bits per heavy atom. The van der Waals surface area contributed by atoms with E-state index in [1.807, 2.05) is 6.79 Å². The van der Waals surface area contributed by atoms with E-state index < -0.39 is 35.3 Å². The van der Waals surface area contributed by atoms with E-state index in [1.165, 1.54) is 0 Å². The summed E-state index contributed by atoms with van der Waals surface area (Å²) >= 11 is 3.81. The van der Waals surface area contributed by atoms with Crippen molar-refractivity contribution in [2.45, 2.75) is 64.8 Å². The van der Waals surface area contributed by atoms with E-state index in [9.17, 15) is 19.2 Å². The Kier molecular flexibility index (Phi) is 15.3. The van der Waals surface area contributed by atoms with Crippen LogP contribution in [0.3, 0.4) is 0 Å². The molecule has 5 N–H and O–H groups in total. The van der Waals surface area contributed by atoms with Crippen LogP contribution in [0.4, 0.5) is 4.79 Å². The summed E-state index contributed by atoms with van der Waals surface area (Å²) in [7, 11) is 0. The number of nitrogens with one attached hydrogen (secondary N) is 2. The smallest absolute Gasteiger partial charge is 0.328 e. The number of aliphatic carboxylic acids is 1. The molecule has 0 saturated carbocycles. The van der Waals surface area contributed by atoms with Crippen molar-refractivity contribution in [2.24, 2.45) is 11.1 Å². The highest BCUT2D eigenvalue weighted by molar-refractivity contribution is 7.80. The second-order valence-electron chi connectivity index (χ2n) is 5.94. The highest BCUT2D eigenvalue weighted by atomic mass is 32.1. The normalized spacial score (nSPS) is 15.9. The largest absolute Gasteiger partial charge is 0.480 e. The lowest BCUT2D eigenvalue weighted by Crippen LogP contribution is -2.62. The Morgan fingerprint density at radius 2 is 1.67 bits per heavy atom. The fraction of sp³-hybridized carbons (Fsp3) is 0.706. The summed E-state index contributed by atoms with van der Waals surface area (Å²) in [6.07, 6.45) is 5.40. The lowest BCUT2D eigenvalue weighted by Gasteiger charge is -2.32. The van der Waals surface area contributed by atoms with Crippen molar-refractivity contribution in [2.75, 3.05) is 5.75 Å². The van der Waals surface area contributed by atoms with Crippen molar-refractivity contribution < 1.29 is 29.1 Å². The number of rotatable bonds is 9. The zero-order valence-electron chi connectivity index (χ0n) is 16.0. The predicted molar refractivity (Wildman–Crippen MR) is 104 cm³/mol. The monoisotopic (exact) mass is 405 g/mol. The van der Waals surface area contributed by atoms with Gasteiger partial charge in [0.15, 0.2) is 0 Å². The van der Waals surface area contributed by atoms with E-state index in [0.29, 0.717) is 25.0 Å². The third kappa shape index (κ3) is 9.53. The number of nitrogens with two attached hydrogens (primary N) is 1. The molecule has 0 aromatic rings. The SMILES string of the molecule is C=O.CCCCCCC1(CC)C(=O)NC(=O)NC1=O.NC(CCS)C(=O)O. The first-order chi connectivity index (χ1) is 12.7. The number of carboxylic acid groups (broad SMARTS) is 1. The van der Waals surface area contributed by atoms with Gasteiger partial charge in [-0.15, -0.1) is 0 Å². The Morgan fingerprint density at radius 3 is 2.00 bits per heavy atom. The van der Waals surface area contributed by atoms with Gasteiger partial charge >= 0.3 is 12.0 Å². The van der Waals surface area contributed by atoms with Crippen LogP contribution in [0.25, 0.3) is 0 Å². The summed E-state index contributed by atoms with van der Waals surface area (Å²) in [5, 5.41) is 12.5. The first-order valence-corrected chi connectivity index (χ1v) is 9.43. The van der Waals surface area contributed by atoms with Gasteiger partial charge in [-0.2, -0.15) is 12.6 Å². The molecule has 4 amide bonds. The van der Waals surface area contributed by atoms with Gasteiger partial charge in [0, 0.05) is 0 Å². The predicted octanol–water partition coefficient (Wildman–Crippen LogP) is 1.25. The van der Waals surface area contributed by atoms with Crippen molar-refractivity contribution in [3.05, 3.63) is 0 Å². The van der Waals surface area contributed by atoms with Gasteiger partial charge < -0.3 is 15.6 Å². The van der Waals surface area contributed by atoms with Crippen molar-refractivity contribution in [1.82, 2.24) is 10.6 Å². The number of unbranched alkanes of at least 4 members (excludes halogenated alkanes) is 3. The van der Waals surface area contributed by atoms with Crippen LogP contribution in [0.15, 0.2) is 0 Å². The minimum atomic E-state index is -1.05. The van der Waals surface area contributed by atoms with Crippen LogP contribution in [0.5, 0.6) is 0 Å². The van der Waals surface area contributed by atoms with Gasteiger partial charge in [-0.05, 0) is 25.0 Å². The van der Waals surface area contributed by atoms with E-state index in [4.69, 9.17) is 15.6 Å². The molecule has 9 nitrogen and oxygen atoms in total. The van der Waals surface area contributed by atoms with Gasteiger partial charge in [0.05, 0.1) is 0 Å². The Hall–Kier alpha value is -1.94. The van der Waals surface area contributed by atoms with Crippen LogP contribution in [0.2, 0.25) is 0 Å². The first kappa shape index (κ1) is 27.3. The number of carboxylic acids is 1. The Balaban J connectivity index is 0. The Labute approximate surface area is 165 Å². The molecule has 0 aromatic carbocycles. The Bertz CT molecular complexity index is 481. The van der Waals surface area contributed by atoms with E-state index in [2.05, 4.69) is 30.2 Å². The summed E-state index contributed by atoms with van der Waals surface area (Å²) in [6, 6.07) is -1.45. The van der Waals surface area contributed by atoms with Crippen LogP contribution in [-0.4, -0.2) is 47.5 Å². The maximum Gasteiger partial charge on any atom is 0.328 e. The second-order valence-corrected chi connectivity index (χ2v) is 6.39. The molecule has 0 spiro atoms. The molecule has 1 fully saturated rings. The van der Waals surface area contributed by atoms with E-state index >= 15 is 0 Å². The number of barbiturate groups is 1. The standard InChI is InChI=1S/C12H20N2O3.C4H9NO2S.CH2O/c1-3-5-6-7-8-12(4-2)9(15)13-11(17)14-10(12)16;5-3(1-2-8)4(6)7;1-2/h3-8H2,1-2H3,(H2,13,14,15,16,17);3,8H,1-2,5H2,(H,6,7);1H2. The number of imide groups is 2. The lowest BCUT2D eigenvalue weighted by atomic mass is 9.77. The molecule has 27 heavy (non-hydrogen) atoms. The number of carbonyl (C=O) groups excluding carboxylic acids is 4. The second kappa shape index (κ2) is 15.2. The molecule has 0 aliphatic carbocycles. The number of amides is 4. The van der Waals surface area contributed by atoms with Crippen LogP contribution >= 0.6 is 12.6 Å². The highest BCUT2D eigenvalue weighted by Crippen LogP contribution is 2.31. The molecule has 1 atom stereocenters. The summed E-state index contributed by atoms with van der Waals surface area (Å²) in [4.78, 5) is 52.6. The van der Waals surface area contributed by atoms with Crippen molar-refractivity contribution in [3.8, 4) is 0 Å². The van der Waals surface area contributed by atoms with Crippen LogP contribution in [0.1, 0.15) is 58.8 Å². The number of hydrogen-bond donors (Lipinski definition) is 5. The maximum atomic E-state index is 11.8. The van der Waals surface area contributed by atoms with Crippen molar-refractivity contribution in [1.29, 1.82) is 0 Å². The quantitative estimate of drug-likeness (QED) is 0.219. The summed E-state index contributed by atoms with van der Waals surface area (Å²) in [5.74, 6) is -1.34. The number of hydrogen-bond acceptors (Lipinski definition) is 7. The average molecular weight is 406 g/mol. The molecular formula is C17H31N3O6S. The van der Waals surface area contributed by atoms with E-state index in [-0.39, 0.29) is 0 Å². The molecular weight excluding hydrogens is 374 g/mol. The third-order valence-electron chi connectivity index (χ3n) is 4.14. The minimum absolute atomic E-state index is 0.421. The molecule has 0 radical (unpaired) electrons. The van der Waals surface area contributed by atoms with Crippen molar-refractivity contribution in [3.63, 3.8) is 0 Å². The van der Waals surface area contributed by atoms with Crippen LogP contribution < -0.4 is 16.4 Å². The zero-order valence-corrected chi connectivity index (χ0v) is 16.8. The molecule has 10 heteroatoms. The van der Waals surface area contributed by atoms with Crippen molar-refractivity contribution >= 4 is 43.2 Å². The lowest BCUT2D eigenvalue weighted by molar-refractivity contribution is -0.145. The molecule has 0 bridgehead atoms. The molecule has 1 saturated heterocycles. The molecule has 1 rings (SSSR count). The number of urea groups is 1. The zero-order chi connectivity index (χ0) is 21.5. The molecule has 1 aliphatic rings. The number of carbonyl (C=O) groups is 5. The summed E-state index contributed by atoms with van der Waals surface area (Å²) in [6.45, 7) is 5.91. The molecule has 0 aromatic heterocycles. The highest BCUT2D eigenvalue weighted by Gasteiger charge is 2.48. The van der Waals surface area contributed by atoms with Gasteiger partial charge in [0.1, 0.15) is 18.2 Å². The van der Waals surface area contributed by atoms with E-state index in [1.54, 1.807) is 6.92 Å². The van der Waals surface area contributed by atoms with Gasteiger partial charge in [-0.3, -0.25) is 25.0 Å². The van der Waals surface area contributed by atoms with Gasteiger partial charge in [-0.25, -0.2) is 4.79 Å². The van der Waals surface area contributed by atoms with Gasteiger partial charge in [0.25, 0.3) is 0 Å². The topological polar surface area (TPSA) is 156 Å². The maximum absolute atomic E-state index is 11.8. The number of thiol groups is 1. The molecule has 1 heterocycles. The fourth-order valence-electron chi connectivity index (χ4n) is 2.42. The first-order valence-electron chi connectivity index (χ1n) is 8.80. The third-order valence-corrected chi connectivity index (χ3v) is 4.40. The summed E-state index contributed by atoms with van der Waals surface area (Å²) in [5.41, 5.74) is 4.02. The van der Waals surface area contributed by atoms with Crippen LogP contribution in [0, 0.1) is 5.41 Å². The fourth-order valence-corrected chi connectivity index (χ4v) is 2.70.